The first kappa shape index (κ1) is 23.0. The predicted octanol–water partition coefficient (Wildman–Crippen LogP) is 4.66. The number of aromatic amines is 1. The summed E-state index contributed by atoms with van der Waals surface area (Å²) in [7, 11) is 0. The zero-order chi connectivity index (χ0) is 22.4. The third-order valence-corrected chi connectivity index (χ3v) is 4.77. The molecule has 0 saturated heterocycles. The molecule has 0 aliphatic heterocycles. The van der Waals surface area contributed by atoms with Crippen molar-refractivity contribution in [2.45, 2.75) is 25.9 Å². The van der Waals surface area contributed by atoms with E-state index in [4.69, 9.17) is 23.8 Å². The lowest BCUT2D eigenvalue weighted by Crippen LogP contribution is -2.27. The summed E-state index contributed by atoms with van der Waals surface area (Å²) in [5, 5.41) is 10.2. The molecule has 0 unspecified atom stereocenters. The summed E-state index contributed by atoms with van der Waals surface area (Å²) in [6.45, 7) is -1.21. The fraction of sp³-hybridized carbons (Fsp3) is 0.250. The lowest BCUT2D eigenvalue weighted by atomic mass is 10.1. The predicted molar refractivity (Wildman–Crippen MR) is 112 cm³/mol. The topological polar surface area (TPSA) is 71.9 Å². The van der Waals surface area contributed by atoms with Gasteiger partial charge >= 0.3 is 6.18 Å². The number of nitrogens with zero attached hydrogens (tertiary/aromatic N) is 2. The molecule has 2 aromatic carbocycles. The molecule has 0 bridgehead atoms. The SMILES string of the molecule is O=C(Cn1c(-c2ccc(Cl)cc2)n[nH]c1=S)NCc1ccc(COCC(F)(F)F)cc1. The first-order valence-electron chi connectivity index (χ1n) is 9.11. The Bertz CT molecular complexity index is 1080. The van der Waals surface area contributed by atoms with Crippen molar-refractivity contribution in [3.05, 3.63) is 69.5 Å². The molecule has 31 heavy (non-hydrogen) atoms. The number of hydrogen-bond acceptors (Lipinski definition) is 4. The van der Waals surface area contributed by atoms with Crippen molar-refractivity contribution in [1.82, 2.24) is 20.1 Å². The van der Waals surface area contributed by atoms with E-state index >= 15 is 0 Å². The standard InChI is InChI=1S/C20H18ClF3N4O2S/c21-16-7-5-15(6-8-16)18-26-27-19(31)28(18)10-17(29)25-9-13-1-3-14(4-2-13)11-30-12-20(22,23)24/h1-8H,9-12H2,(H,25,29)(H,27,31). The molecule has 0 fully saturated rings. The number of ether oxygens (including phenoxy) is 1. The molecule has 11 heteroatoms. The average Bonchev–Trinajstić information content (AvgIpc) is 3.07. The van der Waals surface area contributed by atoms with Crippen LogP contribution in [-0.4, -0.2) is 33.5 Å². The quantitative estimate of drug-likeness (QED) is 0.470. The van der Waals surface area contributed by atoms with E-state index in [-0.39, 0.29) is 25.6 Å². The molecule has 2 N–H and O–H groups in total. The molecule has 0 saturated carbocycles. The minimum atomic E-state index is -4.35. The Morgan fingerprint density at radius 3 is 2.42 bits per heavy atom. The Kier molecular flexibility index (Phi) is 7.47. The van der Waals surface area contributed by atoms with Gasteiger partial charge in [0, 0.05) is 17.1 Å². The summed E-state index contributed by atoms with van der Waals surface area (Å²) in [4.78, 5) is 12.4. The number of benzene rings is 2. The van der Waals surface area contributed by atoms with Gasteiger partial charge in [-0.05, 0) is 47.6 Å². The first-order chi connectivity index (χ1) is 14.7. The van der Waals surface area contributed by atoms with E-state index in [1.165, 1.54) is 0 Å². The third kappa shape index (κ3) is 6.91. The van der Waals surface area contributed by atoms with Crippen LogP contribution in [0, 0.1) is 4.77 Å². The number of amides is 1. The number of aromatic nitrogens is 3. The minimum absolute atomic E-state index is 0.0311. The van der Waals surface area contributed by atoms with Gasteiger partial charge in [-0.25, -0.2) is 0 Å². The van der Waals surface area contributed by atoms with Gasteiger partial charge in [-0.2, -0.15) is 18.3 Å². The molecule has 0 atom stereocenters. The van der Waals surface area contributed by atoms with E-state index in [1.807, 2.05) is 0 Å². The van der Waals surface area contributed by atoms with Crippen LogP contribution in [0.3, 0.4) is 0 Å². The molecule has 1 amide bonds. The van der Waals surface area contributed by atoms with Crippen molar-refractivity contribution < 1.29 is 22.7 Å². The smallest absolute Gasteiger partial charge is 0.367 e. The molecule has 0 radical (unpaired) electrons. The molecule has 164 valence electrons. The Morgan fingerprint density at radius 2 is 1.77 bits per heavy atom. The van der Waals surface area contributed by atoms with Crippen LogP contribution in [0.2, 0.25) is 5.02 Å². The van der Waals surface area contributed by atoms with Crippen molar-refractivity contribution >= 4 is 29.7 Å². The van der Waals surface area contributed by atoms with Gasteiger partial charge in [0.1, 0.15) is 13.2 Å². The average molecular weight is 471 g/mol. The fourth-order valence-corrected chi connectivity index (χ4v) is 3.04. The van der Waals surface area contributed by atoms with Crippen molar-refractivity contribution in [2.24, 2.45) is 0 Å². The Hall–Kier alpha value is -2.69. The van der Waals surface area contributed by atoms with E-state index in [9.17, 15) is 18.0 Å². The Balaban J connectivity index is 1.55. The molecule has 3 aromatic rings. The lowest BCUT2D eigenvalue weighted by Gasteiger charge is -2.10. The van der Waals surface area contributed by atoms with Crippen molar-refractivity contribution in [1.29, 1.82) is 0 Å². The van der Waals surface area contributed by atoms with Crippen molar-refractivity contribution in [3.8, 4) is 11.4 Å². The molecule has 1 aromatic heterocycles. The van der Waals surface area contributed by atoms with Gasteiger partial charge in [-0.15, -0.1) is 0 Å². The van der Waals surface area contributed by atoms with E-state index in [1.54, 1.807) is 53.1 Å². The van der Waals surface area contributed by atoms with Crippen LogP contribution in [0.15, 0.2) is 48.5 Å². The number of alkyl halides is 3. The Morgan fingerprint density at radius 1 is 1.13 bits per heavy atom. The number of nitrogens with one attached hydrogen (secondary N) is 2. The van der Waals surface area contributed by atoms with Gasteiger partial charge in [0.2, 0.25) is 5.91 Å². The van der Waals surface area contributed by atoms with Crippen LogP contribution < -0.4 is 5.32 Å². The second kappa shape index (κ2) is 10.1. The number of carbonyl (C=O) groups excluding carboxylic acids is 1. The molecule has 0 spiro atoms. The highest BCUT2D eigenvalue weighted by atomic mass is 35.5. The molecule has 6 nitrogen and oxygen atoms in total. The van der Waals surface area contributed by atoms with Crippen LogP contribution in [0.1, 0.15) is 11.1 Å². The van der Waals surface area contributed by atoms with Crippen LogP contribution >= 0.6 is 23.8 Å². The van der Waals surface area contributed by atoms with Crippen LogP contribution in [-0.2, 0) is 29.2 Å². The largest absolute Gasteiger partial charge is 0.411 e. The van der Waals surface area contributed by atoms with Crippen LogP contribution in [0.5, 0.6) is 0 Å². The summed E-state index contributed by atoms with van der Waals surface area (Å²) >= 11 is 11.1. The van der Waals surface area contributed by atoms with E-state index in [0.717, 1.165) is 11.1 Å². The lowest BCUT2D eigenvalue weighted by molar-refractivity contribution is -0.176. The maximum absolute atomic E-state index is 12.4. The summed E-state index contributed by atoms with van der Waals surface area (Å²) in [5.74, 6) is 0.241. The number of carbonyl (C=O) groups is 1. The highest BCUT2D eigenvalue weighted by Gasteiger charge is 2.27. The van der Waals surface area contributed by atoms with E-state index < -0.39 is 12.8 Å². The molecule has 3 rings (SSSR count). The highest BCUT2D eigenvalue weighted by Crippen LogP contribution is 2.20. The van der Waals surface area contributed by atoms with Gasteiger partial charge < -0.3 is 10.1 Å². The summed E-state index contributed by atoms with van der Waals surface area (Å²) < 4.78 is 42.8. The van der Waals surface area contributed by atoms with Gasteiger partial charge in [-0.1, -0.05) is 35.9 Å². The van der Waals surface area contributed by atoms with Gasteiger partial charge in [-0.3, -0.25) is 14.5 Å². The van der Waals surface area contributed by atoms with E-state index in [2.05, 4.69) is 20.3 Å². The summed E-state index contributed by atoms with van der Waals surface area (Å²) in [6, 6.07) is 13.7. The Labute approximate surface area is 186 Å². The third-order valence-electron chi connectivity index (χ3n) is 4.21. The normalized spacial score (nSPS) is 11.5. The van der Waals surface area contributed by atoms with Crippen LogP contribution in [0.25, 0.3) is 11.4 Å². The second-order valence-electron chi connectivity index (χ2n) is 6.65. The number of hydrogen-bond donors (Lipinski definition) is 2. The second-order valence-corrected chi connectivity index (χ2v) is 7.47. The molecule has 1 heterocycles. The van der Waals surface area contributed by atoms with Gasteiger partial charge in [0.25, 0.3) is 0 Å². The summed E-state index contributed by atoms with van der Waals surface area (Å²) in [6.07, 6.45) is -4.35. The zero-order valence-corrected chi connectivity index (χ0v) is 17.7. The summed E-state index contributed by atoms with van der Waals surface area (Å²) in [5.41, 5.74) is 2.16. The van der Waals surface area contributed by atoms with Crippen molar-refractivity contribution in [3.63, 3.8) is 0 Å². The maximum atomic E-state index is 12.4. The van der Waals surface area contributed by atoms with Crippen molar-refractivity contribution in [2.75, 3.05) is 6.61 Å². The van der Waals surface area contributed by atoms with Crippen LogP contribution in [0.4, 0.5) is 13.2 Å². The molecular formula is C20H18ClF3N4O2S. The minimum Gasteiger partial charge on any atom is -0.367 e. The zero-order valence-electron chi connectivity index (χ0n) is 16.1. The number of H-pyrrole nitrogens is 1. The molecule has 0 aliphatic carbocycles. The van der Waals surface area contributed by atoms with Gasteiger partial charge in [0.05, 0.1) is 6.61 Å². The number of rotatable bonds is 8. The fourth-order valence-electron chi connectivity index (χ4n) is 2.72. The molecular weight excluding hydrogens is 453 g/mol. The highest BCUT2D eigenvalue weighted by molar-refractivity contribution is 7.71. The van der Waals surface area contributed by atoms with E-state index in [0.29, 0.717) is 21.2 Å². The molecule has 0 aliphatic rings. The number of halogens is 4. The monoisotopic (exact) mass is 470 g/mol. The maximum Gasteiger partial charge on any atom is 0.411 e. The first-order valence-corrected chi connectivity index (χ1v) is 9.90. The van der Waals surface area contributed by atoms with Gasteiger partial charge in [0.15, 0.2) is 10.6 Å².